The molecule has 0 N–H and O–H groups in total. The minimum absolute atomic E-state index is 1.14. The van der Waals surface area contributed by atoms with Crippen molar-refractivity contribution in [3.8, 4) is 0 Å². The second kappa shape index (κ2) is 25.1. The Hall–Kier alpha value is -0.560. The van der Waals surface area contributed by atoms with E-state index in [2.05, 4.69) is 39.2 Å². The van der Waals surface area contributed by atoms with Crippen molar-refractivity contribution in [2.24, 2.45) is 0 Å². The van der Waals surface area contributed by atoms with Crippen molar-refractivity contribution < 1.29 is 4.48 Å². The zero-order chi connectivity index (χ0) is 23.6. The van der Waals surface area contributed by atoms with E-state index in [9.17, 15) is 0 Å². The molecule has 0 aromatic carbocycles. The molecule has 0 aromatic heterocycles. The highest BCUT2D eigenvalue weighted by molar-refractivity contribution is 4.70. The van der Waals surface area contributed by atoms with Crippen molar-refractivity contribution in [3.05, 3.63) is 25.3 Å². The van der Waals surface area contributed by atoms with Crippen LogP contribution < -0.4 is 0 Å². The van der Waals surface area contributed by atoms with E-state index in [-0.39, 0.29) is 0 Å². The first-order valence-electron chi connectivity index (χ1n) is 14.8. The molecule has 0 aliphatic heterocycles. The maximum Gasteiger partial charge on any atom is 0.0971 e. The summed E-state index contributed by atoms with van der Waals surface area (Å²) in [6.07, 6.45) is 34.0. The lowest BCUT2D eigenvalue weighted by molar-refractivity contribution is -0.923. The number of nitrogens with zero attached hydrogens (tertiary/aromatic N) is 1. The molecule has 0 aromatic rings. The van der Waals surface area contributed by atoms with Crippen molar-refractivity contribution in [2.45, 2.75) is 149 Å². The van der Waals surface area contributed by atoms with Gasteiger partial charge in [-0.3, -0.25) is 0 Å². The maximum absolute atomic E-state index is 4.11. The third-order valence-electron chi connectivity index (χ3n) is 7.30. The van der Waals surface area contributed by atoms with E-state index in [1.165, 1.54) is 153 Å². The van der Waals surface area contributed by atoms with Crippen LogP contribution >= 0.6 is 0 Å². The summed E-state index contributed by atoms with van der Waals surface area (Å²) >= 11 is 0. The largest absolute Gasteiger partial charge is 0.320 e. The van der Waals surface area contributed by atoms with E-state index < -0.39 is 0 Å². The number of hydrogen-bond donors (Lipinski definition) is 0. The Morgan fingerprint density at radius 3 is 1.09 bits per heavy atom. The van der Waals surface area contributed by atoms with Crippen molar-refractivity contribution in [1.29, 1.82) is 0 Å². The molecule has 0 bridgehead atoms. The average molecular weight is 449 g/mol. The molecular weight excluding hydrogens is 386 g/mol. The van der Waals surface area contributed by atoms with Crippen LogP contribution in [0, 0.1) is 0 Å². The SMILES string of the molecule is C=CCC[N+](CC=C)(CCCCCCCCCCCC)CCCCCCCCCCCC. The molecule has 0 unspecified atom stereocenters. The first-order valence-corrected chi connectivity index (χ1v) is 14.8. The molecule has 0 saturated heterocycles. The Bertz CT molecular complexity index is 362. The smallest absolute Gasteiger partial charge is 0.0971 e. The van der Waals surface area contributed by atoms with Gasteiger partial charge in [-0.1, -0.05) is 129 Å². The Balaban J connectivity index is 4.06. The Morgan fingerprint density at radius 1 is 0.438 bits per heavy atom. The summed E-state index contributed by atoms with van der Waals surface area (Å²) in [5, 5.41) is 0. The van der Waals surface area contributed by atoms with Crippen molar-refractivity contribution in [3.63, 3.8) is 0 Å². The number of quaternary nitrogens is 1. The summed E-state index contributed by atoms with van der Waals surface area (Å²) in [6, 6.07) is 0. The molecule has 0 rings (SSSR count). The van der Waals surface area contributed by atoms with Crippen molar-refractivity contribution in [1.82, 2.24) is 0 Å². The van der Waals surface area contributed by atoms with Crippen LogP contribution in [-0.2, 0) is 0 Å². The van der Waals surface area contributed by atoms with Crippen LogP contribution in [-0.4, -0.2) is 30.7 Å². The number of unbranched alkanes of at least 4 members (excludes halogenated alkanes) is 18. The summed E-state index contributed by atoms with van der Waals surface area (Å²) in [5.74, 6) is 0. The Morgan fingerprint density at radius 2 is 0.781 bits per heavy atom. The predicted octanol–water partition coefficient (Wildman–Crippen LogP) is 10.4. The second-order valence-corrected chi connectivity index (χ2v) is 10.4. The predicted molar refractivity (Wildman–Crippen MR) is 148 cm³/mol. The van der Waals surface area contributed by atoms with Crippen LogP contribution in [0.15, 0.2) is 25.3 Å². The average Bonchev–Trinajstić information content (AvgIpc) is 2.80. The monoisotopic (exact) mass is 448 g/mol. The standard InChI is InChI=1S/C31H62N/c1-5-9-12-14-16-18-20-22-24-26-30-32(28-8-4,29-11-7-3)31-27-25-23-21-19-17-15-13-10-6-2/h7-8H,3-6,9-31H2,1-2H3/q+1. The Kier molecular flexibility index (Phi) is 24.6. The molecular formula is C31H62N+. The second-order valence-electron chi connectivity index (χ2n) is 10.4. The molecule has 32 heavy (non-hydrogen) atoms. The molecule has 0 aliphatic rings. The summed E-state index contributed by atoms with van der Waals surface area (Å²) < 4.78 is 1.25. The highest BCUT2D eigenvalue weighted by Crippen LogP contribution is 2.18. The molecule has 0 heterocycles. The molecule has 0 aliphatic carbocycles. The van der Waals surface area contributed by atoms with Gasteiger partial charge in [-0.25, -0.2) is 0 Å². The van der Waals surface area contributed by atoms with Crippen LogP contribution in [0.3, 0.4) is 0 Å². The van der Waals surface area contributed by atoms with Crippen molar-refractivity contribution >= 4 is 0 Å². The number of rotatable bonds is 27. The van der Waals surface area contributed by atoms with Gasteiger partial charge < -0.3 is 4.48 Å². The van der Waals surface area contributed by atoms with E-state index in [1.807, 2.05) is 0 Å². The molecule has 1 nitrogen and oxygen atoms in total. The van der Waals surface area contributed by atoms with Gasteiger partial charge in [-0.05, 0) is 31.8 Å². The molecule has 0 atom stereocenters. The maximum atomic E-state index is 4.11. The third-order valence-corrected chi connectivity index (χ3v) is 7.30. The van der Waals surface area contributed by atoms with E-state index in [0.717, 1.165) is 13.0 Å². The lowest BCUT2D eigenvalue weighted by Crippen LogP contribution is -2.50. The Labute approximate surface area is 204 Å². The molecule has 0 spiro atoms. The lowest BCUT2D eigenvalue weighted by Gasteiger charge is -2.38. The van der Waals surface area contributed by atoms with Crippen LogP contribution in [0.1, 0.15) is 149 Å². The quantitative estimate of drug-likeness (QED) is 0.0665. The van der Waals surface area contributed by atoms with Crippen LogP contribution in [0.5, 0.6) is 0 Å². The van der Waals surface area contributed by atoms with Gasteiger partial charge in [-0.2, -0.15) is 0 Å². The first kappa shape index (κ1) is 31.4. The van der Waals surface area contributed by atoms with E-state index in [0.29, 0.717) is 0 Å². The third kappa shape index (κ3) is 20.1. The summed E-state index contributed by atoms with van der Waals surface area (Å²) in [4.78, 5) is 0. The summed E-state index contributed by atoms with van der Waals surface area (Å²) in [5.41, 5.74) is 0. The normalized spacial score (nSPS) is 11.7. The highest BCUT2D eigenvalue weighted by atomic mass is 15.3. The highest BCUT2D eigenvalue weighted by Gasteiger charge is 2.24. The summed E-state index contributed by atoms with van der Waals surface area (Å²) in [7, 11) is 0. The fraction of sp³-hybridized carbons (Fsp3) is 0.871. The van der Waals surface area contributed by atoms with E-state index >= 15 is 0 Å². The first-order chi connectivity index (χ1) is 15.7. The van der Waals surface area contributed by atoms with Crippen molar-refractivity contribution in [2.75, 3.05) is 26.2 Å². The van der Waals surface area contributed by atoms with Crippen LogP contribution in [0.25, 0.3) is 0 Å². The molecule has 0 fully saturated rings. The van der Waals surface area contributed by atoms with Gasteiger partial charge in [0.2, 0.25) is 0 Å². The van der Waals surface area contributed by atoms with Crippen LogP contribution in [0.4, 0.5) is 0 Å². The fourth-order valence-corrected chi connectivity index (χ4v) is 5.12. The minimum atomic E-state index is 1.14. The zero-order valence-electron chi connectivity index (χ0n) is 22.7. The summed E-state index contributed by atoms with van der Waals surface area (Å²) in [6.45, 7) is 17.8. The van der Waals surface area contributed by atoms with Gasteiger partial charge in [0.15, 0.2) is 0 Å². The molecule has 0 saturated carbocycles. The van der Waals surface area contributed by atoms with Gasteiger partial charge in [-0.15, -0.1) is 6.58 Å². The fourth-order valence-electron chi connectivity index (χ4n) is 5.12. The van der Waals surface area contributed by atoms with Crippen LogP contribution in [0.2, 0.25) is 0 Å². The lowest BCUT2D eigenvalue weighted by atomic mass is 10.0. The number of hydrogen-bond acceptors (Lipinski definition) is 0. The van der Waals surface area contributed by atoms with Gasteiger partial charge >= 0.3 is 0 Å². The zero-order valence-corrected chi connectivity index (χ0v) is 22.7. The molecule has 0 radical (unpaired) electrons. The van der Waals surface area contributed by atoms with E-state index in [4.69, 9.17) is 0 Å². The minimum Gasteiger partial charge on any atom is -0.320 e. The molecule has 0 amide bonds. The topological polar surface area (TPSA) is 0 Å². The van der Waals surface area contributed by atoms with Gasteiger partial charge in [0.25, 0.3) is 0 Å². The van der Waals surface area contributed by atoms with Gasteiger partial charge in [0.1, 0.15) is 0 Å². The van der Waals surface area contributed by atoms with E-state index in [1.54, 1.807) is 0 Å². The van der Waals surface area contributed by atoms with Gasteiger partial charge in [0, 0.05) is 6.42 Å². The molecule has 190 valence electrons. The molecule has 1 heteroatoms. The van der Waals surface area contributed by atoms with Gasteiger partial charge in [0.05, 0.1) is 26.2 Å².